The molecule has 0 amide bonds. The minimum atomic E-state index is -3.99. The Balaban J connectivity index is 1.83. The van der Waals surface area contributed by atoms with E-state index in [0.717, 1.165) is 10.9 Å². The Labute approximate surface area is 168 Å². The topological polar surface area (TPSA) is 76.9 Å². The van der Waals surface area contributed by atoms with E-state index in [4.69, 9.17) is 0 Å². The highest BCUT2D eigenvalue weighted by Gasteiger charge is 2.27. The molecule has 2 aromatic heterocycles. The molecule has 0 fully saturated rings. The molecule has 0 aliphatic rings. The maximum Gasteiger partial charge on any atom is 0.243 e. The number of nitrogens with zero attached hydrogens (tertiary/aromatic N) is 3. The molecule has 0 saturated carbocycles. The Morgan fingerprint density at radius 3 is 2.62 bits per heavy atom. The fourth-order valence-electron chi connectivity index (χ4n) is 3.29. The lowest BCUT2D eigenvalue weighted by Crippen LogP contribution is -2.31. The van der Waals surface area contributed by atoms with Gasteiger partial charge in [0.25, 0.3) is 0 Å². The first kappa shape index (κ1) is 19.2. The lowest BCUT2D eigenvalue weighted by Gasteiger charge is -2.20. The van der Waals surface area contributed by atoms with E-state index < -0.39 is 21.9 Å². The molecule has 1 unspecified atom stereocenters. The molecule has 0 aliphatic carbocycles. The number of sulfonamides is 1. The number of aromatic nitrogens is 3. The van der Waals surface area contributed by atoms with Crippen LogP contribution in [0.5, 0.6) is 0 Å². The number of benzene rings is 2. The van der Waals surface area contributed by atoms with E-state index in [1.165, 1.54) is 24.3 Å². The predicted molar refractivity (Wildman–Crippen MR) is 108 cm³/mol. The van der Waals surface area contributed by atoms with Gasteiger partial charge < -0.3 is 4.57 Å². The van der Waals surface area contributed by atoms with Crippen molar-refractivity contribution in [3.63, 3.8) is 0 Å². The Hall–Kier alpha value is -3.10. The van der Waals surface area contributed by atoms with Crippen LogP contribution in [0, 0.1) is 12.7 Å². The third-order valence-corrected chi connectivity index (χ3v) is 6.13. The van der Waals surface area contributed by atoms with Crippen molar-refractivity contribution in [2.24, 2.45) is 7.05 Å². The van der Waals surface area contributed by atoms with Crippen molar-refractivity contribution < 1.29 is 12.8 Å². The van der Waals surface area contributed by atoms with Crippen molar-refractivity contribution in [3.05, 3.63) is 89.9 Å². The molecule has 2 heterocycles. The fourth-order valence-corrected chi connectivity index (χ4v) is 4.65. The largest absolute Gasteiger partial charge is 0.336 e. The molecule has 2 aromatic carbocycles. The number of hydrogen-bond acceptors (Lipinski definition) is 4. The first-order valence-corrected chi connectivity index (χ1v) is 10.4. The molecule has 0 saturated heterocycles. The van der Waals surface area contributed by atoms with Crippen molar-refractivity contribution in [3.8, 4) is 0 Å². The highest BCUT2D eigenvalue weighted by Crippen LogP contribution is 2.27. The van der Waals surface area contributed by atoms with Crippen LogP contribution in [0.3, 0.4) is 0 Å². The summed E-state index contributed by atoms with van der Waals surface area (Å²) in [5, 5.41) is 0.729. The molecular weight excluding hydrogens is 391 g/mol. The molecule has 4 rings (SSSR count). The minimum Gasteiger partial charge on any atom is -0.336 e. The molecule has 8 heteroatoms. The summed E-state index contributed by atoms with van der Waals surface area (Å²) in [6.07, 6.45) is 4.90. The van der Waals surface area contributed by atoms with Gasteiger partial charge in [-0.15, -0.1) is 0 Å². The first-order valence-electron chi connectivity index (χ1n) is 8.95. The smallest absolute Gasteiger partial charge is 0.243 e. The van der Waals surface area contributed by atoms with E-state index in [9.17, 15) is 12.8 Å². The predicted octanol–water partition coefficient (Wildman–Crippen LogP) is 3.48. The van der Waals surface area contributed by atoms with Crippen LogP contribution in [0.25, 0.3) is 10.9 Å². The van der Waals surface area contributed by atoms with Gasteiger partial charge >= 0.3 is 0 Å². The molecule has 0 bridgehead atoms. The zero-order valence-corrected chi connectivity index (χ0v) is 16.7. The van der Waals surface area contributed by atoms with E-state index in [0.29, 0.717) is 16.9 Å². The zero-order chi connectivity index (χ0) is 20.6. The monoisotopic (exact) mass is 410 g/mol. The molecule has 0 radical (unpaired) electrons. The second kappa shape index (κ2) is 7.38. The van der Waals surface area contributed by atoms with Crippen LogP contribution < -0.4 is 4.72 Å². The Morgan fingerprint density at radius 1 is 1.10 bits per heavy atom. The Bertz CT molecular complexity index is 1300. The van der Waals surface area contributed by atoms with E-state index in [2.05, 4.69) is 14.7 Å². The van der Waals surface area contributed by atoms with Crippen LogP contribution in [-0.4, -0.2) is 23.0 Å². The number of fused-ring (bicyclic) bond motifs is 1. The van der Waals surface area contributed by atoms with Gasteiger partial charge in [-0.1, -0.05) is 24.3 Å². The van der Waals surface area contributed by atoms with Crippen molar-refractivity contribution >= 4 is 20.9 Å². The highest BCUT2D eigenvalue weighted by atomic mass is 32.2. The normalized spacial score (nSPS) is 12.9. The number of halogens is 1. The average molecular weight is 410 g/mol. The second-order valence-electron chi connectivity index (χ2n) is 6.85. The summed E-state index contributed by atoms with van der Waals surface area (Å²) in [6, 6.07) is 11.8. The van der Waals surface area contributed by atoms with Crippen LogP contribution in [0.1, 0.15) is 23.0 Å². The number of para-hydroxylation sites is 1. The van der Waals surface area contributed by atoms with Gasteiger partial charge in [0.15, 0.2) is 0 Å². The van der Waals surface area contributed by atoms with Gasteiger partial charge in [-0.05, 0) is 42.3 Å². The number of hydrogen-bond donors (Lipinski definition) is 1. The summed E-state index contributed by atoms with van der Waals surface area (Å²) in [4.78, 5) is 8.65. The molecule has 6 nitrogen and oxygen atoms in total. The van der Waals surface area contributed by atoms with Gasteiger partial charge in [0.2, 0.25) is 10.0 Å². The summed E-state index contributed by atoms with van der Waals surface area (Å²) in [5.74, 6) is -0.00794. The molecule has 1 N–H and O–H groups in total. The molecule has 148 valence electrons. The third-order valence-electron chi connectivity index (χ3n) is 4.67. The highest BCUT2D eigenvalue weighted by molar-refractivity contribution is 7.89. The van der Waals surface area contributed by atoms with Crippen molar-refractivity contribution in [2.45, 2.75) is 17.9 Å². The van der Waals surface area contributed by atoms with Gasteiger partial charge in [-0.2, -0.15) is 4.72 Å². The third kappa shape index (κ3) is 3.76. The van der Waals surface area contributed by atoms with Crippen LogP contribution in [0.15, 0.2) is 72.0 Å². The maximum atomic E-state index is 13.9. The lowest BCUT2D eigenvalue weighted by molar-refractivity contribution is 0.561. The number of rotatable bonds is 5. The summed E-state index contributed by atoms with van der Waals surface area (Å²) in [6.45, 7) is 1.90. The van der Waals surface area contributed by atoms with Crippen molar-refractivity contribution in [1.82, 2.24) is 19.3 Å². The molecule has 1 atom stereocenters. The summed E-state index contributed by atoms with van der Waals surface area (Å²) in [5.41, 5.74) is 1.76. The Morgan fingerprint density at radius 2 is 1.90 bits per heavy atom. The summed E-state index contributed by atoms with van der Waals surface area (Å²) < 4.78 is 44.9. The van der Waals surface area contributed by atoms with Crippen molar-refractivity contribution in [1.29, 1.82) is 0 Å². The zero-order valence-electron chi connectivity index (χ0n) is 15.9. The quantitative estimate of drug-likeness (QED) is 0.546. The number of aryl methyl sites for hydroxylation is 2. The SMILES string of the molecule is Cc1cnc2c(S(=O)(=O)NC(c3cccc(F)c3)c3nccn3C)cccc2c1. The van der Waals surface area contributed by atoms with Crippen LogP contribution in [0.2, 0.25) is 0 Å². The van der Waals surface area contributed by atoms with Crippen LogP contribution in [0.4, 0.5) is 4.39 Å². The molecule has 0 spiro atoms. The standard InChI is InChI=1S/C21H19FN4O2S/c1-14-11-15-6-4-8-18(19(15)24-13-14)29(27,28)25-20(21-23-9-10-26(21)2)16-5-3-7-17(22)12-16/h3-13,20,25H,1-2H3. The molecular formula is C21H19FN4O2S. The van der Waals surface area contributed by atoms with Gasteiger partial charge in [-0.25, -0.2) is 17.8 Å². The number of imidazole rings is 1. The molecule has 29 heavy (non-hydrogen) atoms. The van der Waals surface area contributed by atoms with Crippen molar-refractivity contribution in [2.75, 3.05) is 0 Å². The minimum absolute atomic E-state index is 0.0608. The second-order valence-corrected chi connectivity index (χ2v) is 8.53. The number of pyridine rings is 1. The number of nitrogens with one attached hydrogen (secondary N) is 1. The van der Waals surface area contributed by atoms with E-state index in [1.54, 1.807) is 42.3 Å². The molecule has 0 aliphatic heterocycles. The Kier molecular flexibility index (Phi) is 4.89. The van der Waals surface area contributed by atoms with E-state index in [-0.39, 0.29) is 4.90 Å². The summed E-state index contributed by atoms with van der Waals surface area (Å²) in [7, 11) is -2.24. The first-order chi connectivity index (χ1) is 13.8. The van der Waals surface area contributed by atoms with Crippen LogP contribution >= 0.6 is 0 Å². The van der Waals surface area contributed by atoms with Gasteiger partial charge in [0.1, 0.15) is 22.6 Å². The summed E-state index contributed by atoms with van der Waals surface area (Å²) >= 11 is 0. The van der Waals surface area contributed by atoms with Gasteiger partial charge in [0.05, 0.1) is 5.52 Å². The fraction of sp³-hybridized carbons (Fsp3) is 0.143. The van der Waals surface area contributed by atoms with E-state index >= 15 is 0 Å². The molecule has 4 aromatic rings. The lowest BCUT2D eigenvalue weighted by atomic mass is 10.1. The average Bonchev–Trinajstić information content (AvgIpc) is 3.11. The van der Waals surface area contributed by atoms with Gasteiger partial charge in [-0.3, -0.25) is 4.98 Å². The van der Waals surface area contributed by atoms with E-state index in [1.807, 2.05) is 19.1 Å². The van der Waals surface area contributed by atoms with Gasteiger partial charge in [0, 0.05) is 31.0 Å². The maximum absolute atomic E-state index is 13.9. The van der Waals surface area contributed by atoms with Crippen LogP contribution in [-0.2, 0) is 17.1 Å².